The highest BCUT2D eigenvalue weighted by atomic mass is 32.2. The molecule has 2 heterocycles. The summed E-state index contributed by atoms with van der Waals surface area (Å²) in [4.78, 5) is 23.1. The minimum absolute atomic E-state index is 0.0566. The highest BCUT2D eigenvalue weighted by molar-refractivity contribution is 8.00. The molecule has 1 amide bonds. The predicted molar refractivity (Wildman–Crippen MR) is 129 cm³/mol. The SMILES string of the molecule is CCN(C(=O)C(C)Sc1nc(-c2ccccc2)c(-c2ccccc2)[nH]1)C1CCS(=O)(=O)C1. The van der Waals surface area contributed by atoms with Gasteiger partial charge in [0.05, 0.1) is 28.1 Å². The highest BCUT2D eigenvalue weighted by Crippen LogP contribution is 2.34. The van der Waals surface area contributed by atoms with Crippen LogP contribution in [0.25, 0.3) is 22.5 Å². The van der Waals surface area contributed by atoms with Crippen LogP contribution >= 0.6 is 11.8 Å². The number of hydrogen-bond donors (Lipinski definition) is 1. The average molecular weight is 470 g/mol. The fraction of sp³-hybridized carbons (Fsp3) is 0.333. The maximum absolute atomic E-state index is 13.2. The Bertz CT molecular complexity index is 1120. The van der Waals surface area contributed by atoms with E-state index < -0.39 is 15.1 Å². The first kappa shape index (κ1) is 22.6. The van der Waals surface area contributed by atoms with Crippen LogP contribution < -0.4 is 0 Å². The monoisotopic (exact) mass is 469 g/mol. The molecule has 2 unspecified atom stereocenters. The quantitative estimate of drug-likeness (QED) is 0.523. The van der Waals surface area contributed by atoms with Crippen LogP contribution in [0.15, 0.2) is 65.8 Å². The van der Waals surface area contributed by atoms with Gasteiger partial charge in [0.15, 0.2) is 15.0 Å². The van der Waals surface area contributed by atoms with E-state index in [0.29, 0.717) is 18.1 Å². The van der Waals surface area contributed by atoms with Crippen molar-refractivity contribution in [3.63, 3.8) is 0 Å². The summed E-state index contributed by atoms with van der Waals surface area (Å²) in [7, 11) is -3.05. The number of sulfone groups is 1. The summed E-state index contributed by atoms with van der Waals surface area (Å²) in [6.45, 7) is 4.24. The second kappa shape index (κ2) is 9.50. The van der Waals surface area contributed by atoms with Crippen molar-refractivity contribution >= 4 is 27.5 Å². The molecule has 1 aromatic heterocycles. The molecule has 168 valence electrons. The summed E-state index contributed by atoms with van der Waals surface area (Å²) < 4.78 is 23.8. The zero-order valence-electron chi connectivity index (χ0n) is 18.2. The van der Waals surface area contributed by atoms with Crippen LogP contribution in [-0.2, 0) is 14.6 Å². The molecular formula is C24H27N3O3S2. The first-order chi connectivity index (χ1) is 15.4. The van der Waals surface area contributed by atoms with Gasteiger partial charge in [0, 0.05) is 23.7 Å². The van der Waals surface area contributed by atoms with Crippen molar-refractivity contribution in [1.82, 2.24) is 14.9 Å². The summed E-state index contributed by atoms with van der Waals surface area (Å²) in [5, 5.41) is 0.273. The van der Waals surface area contributed by atoms with Crippen molar-refractivity contribution < 1.29 is 13.2 Å². The van der Waals surface area contributed by atoms with E-state index in [1.807, 2.05) is 74.5 Å². The molecule has 1 aliphatic heterocycles. The molecule has 0 radical (unpaired) electrons. The summed E-state index contributed by atoms with van der Waals surface area (Å²) in [5.41, 5.74) is 3.78. The number of nitrogens with zero attached hydrogens (tertiary/aromatic N) is 2. The highest BCUT2D eigenvalue weighted by Gasteiger charge is 2.35. The third-order valence-corrected chi connectivity index (χ3v) is 8.42. The topological polar surface area (TPSA) is 83.1 Å². The van der Waals surface area contributed by atoms with Gasteiger partial charge >= 0.3 is 0 Å². The number of carbonyl (C=O) groups is 1. The van der Waals surface area contributed by atoms with E-state index in [0.717, 1.165) is 22.5 Å². The minimum Gasteiger partial charge on any atom is -0.338 e. The van der Waals surface area contributed by atoms with Crippen molar-refractivity contribution in [2.45, 2.75) is 36.7 Å². The van der Waals surface area contributed by atoms with Crippen LogP contribution in [0.5, 0.6) is 0 Å². The van der Waals surface area contributed by atoms with Gasteiger partial charge in [-0.25, -0.2) is 13.4 Å². The van der Waals surface area contributed by atoms with E-state index in [2.05, 4.69) is 4.98 Å². The maximum atomic E-state index is 13.2. The molecule has 2 atom stereocenters. The Morgan fingerprint density at radius 1 is 1.12 bits per heavy atom. The Hall–Kier alpha value is -2.58. The summed E-state index contributed by atoms with van der Waals surface area (Å²) >= 11 is 1.37. The average Bonchev–Trinajstić information content (AvgIpc) is 3.38. The van der Waals surface area contributed by atoms with E-state index in [1.54, 1.807) is 4.90 Å². The van der Waals surface area contributed by atoms with Crippen LogP contribution in [0, 0.1) is 0 Å². The molecule has 1 aliphatic rings. The van der Waals surface area contributed by atoms with Crippen LogP contribution in [0.3, 0.4) is 0 Å². The second-order valence-corrected chi connectivity index (χ2v) is 11.5. The van der Waals surface area contributed by atoms with Gasteiger partial charge in [0.2, 0.25) is 5.91 Å². The summed E-state index contributed by atoms with van der Waals surface area (Å²) in [5.74, 6) is 0.154. The fourth-order valence-electron chi connectivity index (χ4n) is 4.09. The van der Waals surface area contributed by atoms with Crippen LogP contribution in [-0.4, -0.2) is 58.5 Å². The smallest absolute Gasteiger partial charge is 0.236 e. The molecule has 0 spiro atoms. The molecule has 1 N–H and O–H groups in total. The van der Waals surface area contributed by atoms with Gasteiger partial charge < -0.3 is 9.88 Å². The number of imidazole rings is 1. The third kappa shape index (κ3) is 4.91. The molecule has 0 aliphatic carbocycles. The summed E-state index contributed by atoms with van der Waals surface area (Å²) in [6, 6.07) is 19.7. The number of thioether (sulfide) groups is 1. The van der Waals surface area contributed by atoms with Gasteiger partial charge in [-0.3, -0.25) is 4.79 Å². The molecule has 1 saturated heterocycles. The van der Waals surface area contributed by atoms with Crippen molar-refractivity contribution in [3.05, 3.63) is 60.7 Å². The van der Waals surface area contributed by atoms with E-state index in [9.17, 15) is 13.2 Å². The molecule has 0 bridgehead atoms. The van der Waals surface area contributed by atoms with E-state index in [1.165, 1.54) is 11.8 Å². The van der Waals surface area contributed by atoms with E-state index in [4.69, 9.17) is 4.98 Å². The Labute approximate surface area is 193 Å². The Morgan fingerprint density at radius 2 is 1.75 bits per heavy atom. The van der Waals surface area contributed by atoms with E-state index >= 15 is 0 Å². The number of H-pyrrole nitrogens is 1. The number of nitrogens with one attached hydrogen (secondary N) is 1. The lowest BCUT2D eigenvalue weighted by Gasteiger charge is -2.29. The van der Waals surface area contributed by atoms with E-state index in [-0.39, 0.29) is 23.5 Å². The van der Waals surface area contributed by atoms with Gasteiger partial charge in [0.25, 0.3) is 0 Å². The first-order valence-electron chi connectivity index (χ1n) is 10.8. The lowest BCUT2D eigenvalue weighted by Crippen LogP contribution is -2.44. The number of rotatable bonds is 7. The zero-order chi connectivity index (χ0) is 22.7. The zero-order valence-corrected chi connectivity index (χ0v) is 19.8. The lowest BCUT2D eigenvalue weighted by atomic mass is 10.1. The van der Waals surface area contributed by atoms with Gasteiger partial charge in [-0.15, -0.1) is 0 Å². The first-order valence-corrected chi connectivity index (χ1v) is 13.5. The fourth-order valence-corrected chi connectivity index (χ4v) is 6.70. The van der Waals surface area contributed by atoms with Crippen LogP contribution in [0.1, 0.15) is 20.3 Å². The molecule has 6 nitrogen and oxygen atoms in total. The van der Waals surface area contributed by atoms with Crippen LogP contribution in [0.2, 0.25) is 0 Å². The van der Waals surface area contributed by atoms with Gasteiger partial charge in [-0.1, -0.05) is 72.4 Å². The molecule has 3 aromatic rings. The number of hydrogen-bond acceptors (Lipinski definition) is 5. The number of carbonyl (C=O) groups excluding carboxylic acids is 1. The van der Waals surface area contributed by atoms with Crippen molar-refractivity contribution in [3.8, 4) is 22.5 Å². The molecule has 32 heavy (non-hydrogen) atoms. The van der Waals surface area contributed by atoms with Crippen LogP contribution in [0.4, 0.5) is 0 Å². The third-order valence-electron chi connectivity index (χ3n) is 5.70. The number of aromatic nitrogens is 2. The van der Waals surface area contributed by atoms with Crippen molar-refractivity contribution in [2.24, 2.45) is 0 Å². The van der Waals surface area contributed by atoms with Gasteiger partial charge in [0.1, 0.15) is 0 Å². The number of aromatic amines is 1. The van der Waals surface area contributed by atoms with Gasteiger partial charge in [-0.2, -0.15) is 0 Å². The molecular weight excluding hydrogens is 442 g/mol. The molecule has 4 rings (SSSR count). The lowest BCUT2D eigenvalue weighted by molar-refractivity contribution is -0.131. The number of amides is 1. The maximum Gasteiger partial charge on any atom is 0.236 e. The standard InChI is InChI=1S/C24H27N3O3S2/c1-3-27(20-14-15-32(29,30)16-20)23(28)17(2)31-24-25-21(18-10-6-4-7-11-18)22(26-24)19-12-8-5-9-13-19/h4-13,17,20H,3,14-16H2,1-2H3,(H,25,26). The Balaban J connectivity index is 1.58. The number of benzene rings is 2. The Morgan fingerprint density at radius 3 is 2.31 bits per heavy atom. The largest absolute Gasteiger partial charge is 0.338 e. The molecule has 0 saturated carbocycles. The molecule has 2 aromatic carbocycles. The second-order valence-electron chi connectivity index (χ2n) is 7.94. The van der Waals surface area contributed by atoms with Crippen molar-refractivity contribution in [2.75, 3.05) is 18.1 Å². The predicted octanol–water partition coefficient (Wildman–Crippen LogP) is 4.26. The van der Waals surface area contributed by atoms with Crippen molar-refractivity contribution in [1.29, 1.82) is 0 Å². The normalized spacial score (nSPS) is 18.4. The summed E-state index contributed by atoms with van der Waals surface area (Å²) in [6.07, 6.45) is 0.510. The Kier molecular flexibility index (Phi) is 6.71. The van der Waals surface area contributed by atoms with Gasteiger partial charge in [-0.05, 0) is 20.3 Å². The molecule has 8 heteroatoms. The minimum atomic E-state index is -3.05. The molecule has 1 fully saturated rings.